The van der Waals surface area contributed by atoms with E-state index in [1.54, 1.807) is 0 Å². The Bertz CT molecular complexity index is 437. The second-order valence-corrected chi connectivity index (χ2v) is 10.6. The SMILES string of the molecule is C[Si](C)(C)Cc1ccc2[nH]ccc2c1. The van der Waals surface area contributed by atoms with Crippen LogP contribution in [0.5, 0.6) is 0 Å². The number of aromatic amines is 1. The van der Waals surface area contributed by atoms with E-state index in [4.69, 9.17) is 0 Å². The van der Waals surface area contributed by atoms with Gasteiger partial charge in [-0.25, -0.2) is 0 Å². The van der Waals surface area contributed by atoms with Crippen molar-refractivity contribution in [3.8, 4) is 0 Å². The predicted octanol–water partition coefficient (Wildman–Crippen LogP) is 3.59. The summed E-state index contributed by atoms with van der Waals surface area (Å²) in [6.07, 6.45) is 2.00. The van der Waals surface area contributed by atoms with Crippen molar-refractivity contribution in [2.75, 3.05) is 0 Å². The van der Waals surface area contributed by atoms with Crippen LogP contribution < -0.4 is 0 Å². The first kappa shape index (κ1) is 9.53. The number of fused-ring (bicyclic) bond motifs is 1. The third-order valence-corrected chi connectivity index (χ3v) is 3.82. The molecule has 0 amide bonds. The summed E-state index contributed by atoms with van der Waals surface area (Å²) in [4.78, 5) is 3.22. The average molecular weight is 203 g/mol. The van der Waals surface area contributed by atoms with Gasteiger partial charge >= 0.3 is 0 Å². The molecule has 0 unspecified atom stereocenters. The van der Waals surface area contributed by atoms with Crippen LogP contribution in [0.3, 0.4) is 0 Å². The molecular weight excluding hydrogens is 186 g/mol. The van der Waals surface area contributed by atoms with Crippen LogP contribution in [0.25, 0.3) is 10.9 Å². The molecule has 0 radical (unpaired) electrons. The van der Waals surface area contributed by atoms with Crippen molar-refractivity contribution < 1.29 is 0 Å². The maximum atomic E-state index is 3.22. The Balaban J connectivity index is 2.35. The Morgan fingerprint density at radius 1 is 1.14 bits per heavy atom. The molecule has 2 aromatic rings. The standard InChI is InChI=1S/C12H17NSi/c1-14(2,3)9-10-4-5-12-11(8-10)6-7-13-12/h4-8,13H,9H2,1-3H3. The maximum Gasteiger partial charge on any atom is 0.0487 e. The summed E-state index contributed by atoms with van der Waals surface area (Å²) < 4.78 is 0. The summed E-state index contributed by atoms with van der Waals surface area (Å²) in [6.45, 7) is 7.23. The molecule has 0 saturated heterocycles. The van der Waals surface area contributed by atoms with E-state index < -0.39 is 8.07 Å². The van der Waals surface area contributed by atoms with Gasteiger partial charge in [-0.2, -0.15) is 0 Å². The molecule has 1 aromatic carbocycles. The highest BCUT2D eigenvalue weighted by atomic mass is 28.3. The molecule has 2 rings (SSSR count). The van der Waals surface area contributed by atoms with Gasteiger partial charge in [-0.15, -0.1) is 0 Å². The first-order valence-corrected chi connectivity index (χ1v) is 8.81. The van der Waals surface area contributed by atoms with E-state index in [-0.39, 0.29) is 0 Å². The molecule has 1 nitrogen and oxygen atoms in total. The number of nitrogens with one attached hydrogen (secondary N) is 1. The zero-order chi connectivity index (χ0) is 10.2. The van der Waals surface area contributed by atoms with Gasteiger partial charge in [0.2, 0.25) is 0 Å². The zero-order valence-corrected chi connectivity index (χ0v) is 10.1. The number of benzene rings is 1. The van der Waals surface area contributed by atoms with Crippen molar-refractivity contribution in [3.63, 3.8) is 0 Å². The monoisotopic (exact) mass is 203 g/mol. The van der Waals surface area contributed by atoms with E-state index in [1.165, 1.54) is 22.5 Å². The number of H-pyrrole nitrogens is 1. The van der Waals surface area contributed by atoms with Gasteiger partial charge in [0.05, 0.1) is 0 Å². The average Bonchev–Trinajstić information content (AvgIpc) is 2.47. The molecule has 0 aliphatic rings. The van der Waals surface area contributed by atoms with E-state index in [2.05, 4.69) is 48.9 Å². The van der Waals surface area contributed by atoms with Gasteiger partial charge in [0.25, 0.3) is 0 Å². The summed E-state index contributed by atoms with van der Waals surface area (Å²) in [5.41, 5.74) is 2.72. The van der Waals surface area contributed by atoms with E-state index in [9.17, 15) is 0 Å². The van der Waals surface area contributed by atoms with Crippen molar-refractivity contribution >= 4 is 19.0 Å². The topological polar surface area (TPSA) is 15.8 Å². The minimum Gasteiger partial charge on any atom is -0.361 e. The van der Waals surface area contributed by atoms with Gasteiger partial charge < -0.3 is 4.98 Å². The summed E-state index contributed by atoms with van der Waals surface area (Å²) >= 11 is 0. The Kier molecular flexibility index (Phi) is 2.23. The van der Waals surface area contributed by atoms with Gasteiger partial charge in [0.15, 0.2) is 0 Å². The van der Waals surface area contributed by atoms with Gasteiger partial charge in [-0.3, -0.25) is 0 Å². The lowest BCUT2D eigenvalue weighted by Gasteiger charge is -2.15. The van der Waals surface area contributed by atoms with Crippen molar-refractivity contribution in [3.05, 3.63) is 36.0 Å². The first-order chi connectivity index (χ1) is 6.54. The molecule has 0 atom stereocenters. The van der Waals surface area contributed by atoms with Crippen LogP contribution >= 0.6 is 0 Å². The molecule has 0 bridgehead atoms. The van der Waals surface area contributed by atoms with Crippen molar-refractivity contribution in [2.45, 2.75) is 25.7 Å². The molecule has 0 saturated carbocycles. The third-order valence-electron chi connectivity index (χ3n) is 2.35. The van der Waals surface area contributed by atoms with E-state index in [0.29, 0.717) is 0 Å². The predicted molar refractivity (Wildman–Crippen MR) is 65.3 cm³/mol. The molecule has 0 spiro atoms. The minimum atomic E-state index is -0.975. The van der Waals surface area contributed by atoms with Crippen LogP contribution in [-0.4, -0.2) is 13.1 Å². The Hall–Kier alpha value is -1.02. The normalized spacial score (nSPS) is 12.2. The molecule has 0 fully saturated rings. The van der Waals surface area contributed by atoms with Crippen molar-refractivity contribution in [2.24, 2.45) is 0 Å². The van der Waals surface area contributed by atoms with Crippen LogP contribution in [0.1, 0.15) is 5.56 Å². The molecule has 0 aliphatic heterocycles. The molecule has 2 heteroatoms. The lowest BCUT2D eigenvalue weighted by atomic mass is 10.2. The molecule has 0 aliphatic carbocycles. The van der Waals surface area contributed by atoms with Crippen molar-refractivity contribution in [1.29, 1.82) is 0 Å². The fourth-order valence-corrected chi connectivity index (χ4v) is 3.27. The fourth-order valence-electron chi connectivity index (χ4n) is 1.83. The second-order valence-electron chi connectivity index (χ2n) is 5.14. The smallest absolute Gasteiger partial charge is 0.0487 e. The number of hydrogen-bond donors (Lipinski definition) is 1. The second kappa shape index (κ2) is 3.28. The highest BCUT2D eigenvalue weighted by Crippen LogP contribution is 2.17. The lowest BCUT2D eigenvalue weighted by molar-refractivity contribution is 1.32. The van der Waals surface area contributed by atoms with Crippen LogP contribution in [0.4, 0.5) is 0 Å². The van der Waals surface area contributed by atoms with Gasteiger partial charge in [-0.05, 0) is 35.2 Å². The lowest BCUT2D eigenvalue weighted by Crippen LogP contribution is -2.23. The van der Waals surface area contributed by atoms with E-state index in [1.807, 2.05) is 6.20 Å². The van der Waals surface area contributed by atoms with E-state index >= 15 is 0 Å². The quantitative estimate of drug-likeness (QED) is 0.718. The summed E-state index contributed by atoms with van der Waals surface area (Å²) in [7, 11) is -0.975. The Morgan fingerprint density at radius 3 is 2.64 bits per heavy atom. The van der Waals surface area contributed by atoms with Gasteiger partial charge in [0.1, 0.15) is 0 Å². The molecule has 14 heavy (non-hydrogen) atoms. The third kappa shape index (κ3) is 2.07. The molecule has 74 valence electrons. The highest BCUT2D eigenvalue weighted by Gasteiger charge is 2.13. The number of hydrogen-bond acceptors (Lipinski definition) is 0. The Morgan fingerprint density at radius 2 is 1.93 bits per heavy atom. The number of aromatic nitrogens is 1. The molecular formula is C12H17NSi. The summed E-state index contributed by atoms with van der Waals surface area (Å²) in [6, 6.07) is 10.2. The van der Waals surface area contributed by atoms with E-state index in [0.717, 1.165) is 0 Å². The minimum absolute atomic E-state index is 0.975. The van der Waals surface area contributed by atoms with Crippen LogP contribution in [-0.2, 0) is 6.04 Å². The molecule has 1 heterocycles. The first-order valence-electron chi connectivity index (χ1n) is 5.11. The zero-order valence-electron chi connectivity index (χ0n) is 9.09. The molecule has 1 aromatic heterocycles. The van der Waals surface area contributed by atoms with Crippen LogP contribution in [0, 0.1) is 0 Å². The molecule has 1 N–H and O–H groups in total. The maximum absolute atomic E-state index is 3.22. The summed E-state index contributed by atoms with van der Waals surface area (Å²) in [5, 5.41) is 1.33. The largest absolute Gasteiger partial charge is 0.361 e. The van der Waals surface area contributed by atoms with Crippen LogP contribution in [0.15, 0.2) is 30.5 Å². The van der Waals surface area contributed by atoms with Crippen molar-refractivity contribution in [1.82, 2.24) is 4.98 Å². The Labute approximate surface area is 86.2 Å². The highest BCUT2D eigenvalue weighted by molar-refractivity contribution is 6.75. The van der Waals surface area contributed by atoms with Crippen LogP contribution in [0.2, 0.25) is 19.6 Å². The fraction of sp³-hybridized carbons (Fsp3) is 0.333. The summed E-state index contributed by atoms with van der Waals surface area (Å²) in [5.74, 6) is 0. The van der Waals surface area contributed by atoms with Gasteiger partial charge in [0, 0.05) is 19.8 Å². The van der Waals surface area contributed by atoms with Gasteiger partial charge in [-0.1, -0.05) is 25.7 Å². The number of rotatable bonds is 2.